The van der Waals surface area contributed by atoms with E-state index >= 15 is 0 Å². The first kappa shape index (κ1) is 17.1. The molecule has 0 heterocycles. The SMILES string of the molecule is COCc1cccc(CNS(=O)(=O)c2ccc(C(N)=O)cc2)c1. The smallest absolute Gasteiger partial charge is 0.248 e. The van der Waals surface area contributed by atoms with Crippen LogP contribution in [0.5, 0.6) is 0 Å². The van der Waals surface area contributed by atoms with Crippen LogP contribution in [0.3, 0.4) is 0 Å². The first-order valence-corrected chi connectivity index (χ1v) is 8.37. The van der Waals surface area contributed by atoms with Crippen molar-refractivity contribution in [1.82, 2.24) is 4.72 Å². The molecule has 1 amide bonds. The second kappa shape index (κ2) is 7.36. The lowest BCUT2D eigenvalue weighted by atomic mass is 10.1. The van der Waals surface area contributed by atoms with Crippen molar-refractivity contribution in [2.24, 2.45) is 5.73 Å². The van der Waals surface area contributed by atoms with E-state index in [9.17, 15) is 13.2 Å². The number of rotatable bonds is 7. The molecule has 0 aliphatic heterocycles. The summed E-state index contributed by atoms with van der Waals surface area (Å²) < 4.78 is 32.1. The second-order valence-electron chi connectivity index (χ2n) is 4.97. The van der Waals surface area contributed by atoms with Crippen molar-refractivity contribution in [3.05, 3.63) is 65.2 Å². The van der Waals surface area contributed by atoms with Crippen molar-refractivity contribution in [1.29, 1.82) is 0 Å². The average molecular weight is 334 g/mol. The van der Waals surface area contributed by atoms with E-state index in [1.54, 1.807) is 7.11 Å². The molecule has 0 bridgehead atoms. The van der Waals surface area contributed by atoms with Gasteiger partial charge < -0.3 is 10.5 Å². The Balaban J connectivity index is 2.09. The highest BCUT2D eigenvalue weighted by Gasteiger charge is 2.14. The first-order valence-electron chi connectivity index (χ1n) is 6.88. The zero-order valence-electron chi connectivity index (χ0n) is 12.7. The lowest BCUT2D eigenvalue weighted by molar-refractivity contribution is 0.1000. The number of sulfonamides is 1. The maximum atomic E-state index is 12.2. The number of nitrogens with two attached hydrogens (primary N) is 1. The Labute approximate surface area is 135 Å². The molecule has 0 radical (unpaired) electrons. The summed E-state index contributed by atoms with van der Waals surface area (Å²) in [6, 6.07) is 12.9. The van der Waals surface area contributed by atoms with Crippen molar-refractivity contribution in [3.63, 3.8) is 0 Å². The second-order valence-corrected chi connectivity index (χ2v) is 6.73. The molecule has 6 nitrogen and oxygen atoms in total. The number of carbonyl (C=O) groups excluding carboxylic acids is 1. The molecule has 7 heteroatoms. The zero-order valence-corrected chi connectivity index (χ0v) is 13.5. The van der Waals surface area contributed by atoms with E-state index in [0.29, 0.717) is 6.61 Å². The normalized spacial score (nSPS) is 11.3. The Morgan fingerprint density at radius 2 is 1.78 bits per heavy atom. The van der Waals surface area contributed by atoms with Gasteiger partial charge in [0.2, 0.25) is 15.9 Å². The molecule has 0 fully saturated rings. The summed E-state index contributed by atoms with van der Waals surface area (Å²) in [5.74, 6) is -0.600. The molecule has 2 rings (SSSR count). The highest BCUT2D eigenvalue weighted by Crippen LogP contribution is 2.12. The molecular weight excluding hydrogens is 316 g/mol. The Morgan fingerprint density at radius 1 is 1.13 bits per heavy atom. The number of primary amides is 1. The van der Waals surface area contributed by atoms with Crippen molar-refractivity contribution in [3.8, 4) is 0 Å². The molecular formula is C16H18N2O4S. The van der Waals surface area contributed by atoms with Crippen LogP contribution in [0.15, 0.2) is 53.4 Å². The summed E-state index contributed by atoms with van der Waals surface area (Å²) in [6.45, 7) is 0.632. The summed E-state index contributed by atoms with van der Waals surface area (Å²) in [5.41, 5.74) is 7.19. The third-order valence-electron chi connectivity index (χ3n) is 3.22. The number of hydrogen-bond acceptors (Lipinski definition) is 4. The molecule has 0 unspecified atom stereocenters. The van der Waals surface area contributed by atoms with Gasteiger partial charge >= 0.3 is 0 Å². The Morgan fingerprint density at radius 3 is 2.39 bits per heavy atom. The van der Waals surface area contributed by atoms with Crippen molar-refractivity contribution in [2.45, 2.75) is 18.0 Å². The van der Waals surface area contributed by atoms with Gasteiger partial charge in [-0.25, -0.2) is 13.1 Å². The highest BCUT2D eigenvalue weighted by atomic mass is 32.2. The van der Waals surface area contributed by atoms with Gasteiger partial charge in [0, 0.05) is 19.2 Å². The van der Waals surface area contributed by atoms with Crippen LogP contribution in [0.25, 0.3) is 0 Å². The van der Waals surface area contributed by atoms with E-state index < -0.39 is 15.9 Å². The van der Waals surface area contributed by atoms with E-state index in [-0.39, 0.29) is 17.0 Å². The number of nitrogens with one attached hydrogen (secondary N) is 1. The zero-order chi connectivity index (χ0) is 16.9. The average Bonchev–Trinajstić information content (AvgIpc) is 2.54. The third kappa shape index (κ3) is 4.62. The molecule has 2 aromatic rings. The van der Waals surface area contributed by atoms with Crippen molar-refractivity contribution >= 4 is 15.9 Å². The van der Waals surface area contributed by atoms with Gasteiger partial charge in [-0.15, -0.1) is 0 Å². The van der Waals surface area contributed by atoms with Gasteiger partial charge in [0.25, 0.3) is 0 Å². The molecule has 2 aromatic carbocycles. The summed E-state index contributed by atoms with van der Waals surface area (Å²) in [7, 11) is -2.06. The fourth-order valence-corrected chi connectivity index (χ4v) is 3.07. The molecule has 0 aromatic heterocycles. The molecule has 0 saturated heterocycles. The van der Waals surface area contributed by atoms with E-state index in [1.807, 2.05) is 24.3 Å². The van der Waals surface area contributed by atoms with Gasteiger partial charge in [0.1, 0.15) is 0 Å². The van der Waals surface area contributed by atoms with Crippen LogP contribution in [0.1, 0.15) is 21.5 Å². The predicted molar refractivity (Wildman–Crippen MR) is 86.1 cm³/mol. The summed E-state index contributed by atoms with van der Waals surface area (Å²) in [4.78, 5) is 11.1. The first-order chi connectivity index (χ1) is 10.9. The quantitative estimate of drug-likeness (QED) is 0.800. The maximum absolute atomic E-state index is 12.2. The monoisotopic (exact) mass is 334 g/mol. The number of ether oxygens (including phenoxy) is 1. The topological polar surface area (TPSA) is 98.5 Å². The van der Waals surface area contributed by atoms with Crippen LogP contribution < -0.4 is 10.5 Å². The van der Waals surface area contributed by atoms with Crippen LogP contribution in [0.4, 0.5) is 0 Å². The fourth-order valence-electron chi connectivity index (χ4n) is 2.06. The van der Waals surface area contributed by atoms with E-state index in [0.717, 1.165) is 11.1 Å². The largest absolute Gasteiger partial charge is 0.380 e. The van der Waals surface area contributed by atoms with Crippen molar-refractivity contribution in [2.75, 3.05) is 7.11 Å². The predicted octanol–water partition coefficient (Wildman–Crippen LogP) is 1.41. The Hall–Kier alpha value is -2.22. The van der Waals surface area contributed by atoms with E-state index in [2.05, 4.69) is 4.72 Å². The highest BCUT2D eigenvalue weighted by molar-refractivity contribution is 7.89. The number of benzene rings is 2. The van der Waals surface area contributed by atoms with Gasteiger partial charge in [-0.1, -0.05) is 24.3 Å². The van der Waals surface area contributed by atoms with Crippen LogP contribution in [0.2, 0.25) is 0 Å². The minimum Gasteiger partial charge on any atom is -0.380 e. The maximum Gasteiger partial charge on any atom is 0.248 e. The molecule has 0 aliphatic carbocycles. The minimum absolute atomic E-state index is 0.0792. The van der Waals surface area contributed by atoms with E-state index in [1.165, 1.54) is 24.3 Å². The number of amides is 1. The molecule has 0 spiro atoms. The van der Waals surface area contributed by atoms with E-state index in [4.69, 9.17) is 10.5 Å². The number of hydrogen-bond donors (Lipinski definition) is 2. The van der Waals surface area contributed by atoms with Gasteiger partial charge in [-0.05, 0) is 35.4 Å². The van der Waals surface area contributed by atoms with Crippen molar-refractivity contribution < 1.29 is 17.9 Å². The lowest BCUT2D eigenvalue weighted by Gasteiger charge is -2.08. The van der Waals surface area contributed by atoms with Gasteiger partial charge in [-0.3, -0.25) is 4.79 Å². The number of methoxy groups -OCH3 is 1. The number of carbonyl (C=O) groups is 1. The molecule has 0 saturated carbocycles. The summed E-state index contributed by atoms with van der Waals surface area (Å²) in [6.07, 6.45) is 0. The molecule has 0 atom stereocenters. The summed E-state index contributed by atoms with van der Waals surface area (Å²) >= 11 is 0. The molecule has 3 N–H and O–H groups in total. The van der Waals surface area contributed by atoms with Crippen LogP contribution in [0, 0.1) is 0 Å². The fraction of sp³-hybridized carbons (Fsp3) is 0.188. The van der Waals surface area contributed by atoms with Crippen LogP contribution in [-0.4, -0.2) is 21.4 Å². The molecule has 122 valence electrons. The Kier molecular flexibility index (Phi) is 5.49. The molecule has 0 aliphatic rings. The van der Waals surface area contributed by atoms with Gasteiger partial charge in [0.05, 0.1) is 11.5 Å². The standard InChI is InChI=1S/C16H18N2O4S/c1-22-11-13-4-2-3-12(9-13)10-18-23(20,21)15-7-5-14(6-8-15)16(17)19/h2-9,18H,10-11H2,1H3,(H2,17,19). The Bertz CT molecular complexity index is 786. The lowest BCUT2D eigenvalue weighted by Crippen LogP contribution is -2.23. The van der Waals surface area contributed by atoms with Crippen LogP contribution in [-0.2, 0) is 27.9 Å². The van der Waals surface area contributed by atoms with Crippen LogP contribution >= 0.6 is 0 Å². The van der Waals surface area contributed by atoms with Gasteiger partial charge in [0.15, 0.2) is 0 Å². The van der Waals surface area contributed by atoms with Gasteiger partial charge in [-0.2, -0.15) is 0 Å². The molecule has 23 heavy (non-hydrogen) atoms. The minimum atomic E-state index is -3.66. The summed E-state index contributed by atoms with van der Waals surface area (Å²) in [5, 5.41) is 0. The third-order valence-corrected chi connectivity index (χ3v) is 4.63.